The zero-order chi connectivity index (χ0) is 11.9. The fraction of sp³-hybridized carbons (Fsp3) is 0.909. The first-order valence-electron chi connectivity index (χ1n) is 5.33. The maximum atomic E-state index is 11.3. The summed E-state index contributed by atoms with van der Waals surface area (Å²) in [5.74, 6) is 0.182. The van der Waals surface area contributed by atoms with E-state index in [2.05, 4.69) is 19.2 Å². The van der Waals surface area contributed by atoms with E-state index in [9.17, 15) is 4.79 Å². The van der Waals surface area contributed by atoms with Gasteiger partial charge >= 0.3 is 0 Å². The summed E-state index contributed by atoms with van der Waals surface area (Å²) in [4.78, 5) is 12.9. The third kappa shape index (κ3) is 7.33. The molecule has 1 amide bonds. The van der Waals surface area contributed by atoms with Crippen LogP contribution in [0.2, 0.25) is 0 Å². The molecule has 1 N–H and O–H groups in total. The monoisotopic (exact) mass is 216 g/mol. The standard InChI is InChI=1S/C11H24N2O2/c1-11(2,9-15-5)12-8-6-7-10(14)13(3)4/h12H,6-9H2,1-5H3. The van der Waals surface area contributed by atoms with Crippen LogP contribution in [0.5, 0.6) is 0 Å². The number of nitrogens with zero attached hydrogens (tertiary/aromatic N) is 1. The lowest BCUT2D eigenvalue weighted by atomic mass is 10.1. The highest BCUT2D eigenvalue weighted by atomic mass is 16.5. The van der Waals surface area contributed by atoms with Gasteiger partial charge in [0.05, 0.1) is 6.61 Å². The van der Waals surface area contributed by atoms with E-state index >= 15 is 0 Å². The Morgan fingerprint density at radius 2 is 2.00 bits per heavy atom. The van der Waals surface area contributed by atoms with Gasteiger partial charge in [-0.15, -0.1) is 0 Å². The molecule has 0 aromatic rings. The van der Waals surface area contributed by atoms with Crippen molar-refractivity contribution in [3.63, 3.8) is 0 Å². The van der Waals surface area contributed by atoms with E-state index in [1.165, 1.54) is 0 Å². The smallest absolute Gasteiger partial charge is 0.222 e. The average Bonchev–Trinajstić information content (AvgIpc) is 2.11. The summed E-state index contributed by atoms with van der Waals surface area (Å²) >= 11 is 0. The van der Waals surface area contributed by atoms with Gasteiger partial charge in [-0.25, -0.2) is 0 Å². The molecule has 0 bridgehead atoms. The minimum atomic E-state index is -0.0179. The molecular weight excluding hydrogens is 192 g/mol. The lowest BCUT2D eigenvalue weighted by Gasteiger charge is -2.25. The second kappa shape index (κ2) is 6.80. The second-order valence-corrected chi connectivity index (χ2v) is 4.64. The number of carbonyl (C=O) groups excluding carboxylic acids is 1. The number of rotatable bonds is 7. The molecule has 0 aliphatic heterocycles. The molecule has 0 unspecified atom stereocenters. The summed E-state index contributed by atoms with van der Waals surface area (Å²) in [6.45, 7) is 5.69. The first-order valence-corrected chi connectivity index (χ1v) is 5.33. The van der Waals surface area contributed by atoms with E-state index in [4.69, 9.17) is 4.74 Å². The van der Waals surface area contributed by atoms with Gasteiger partial charge in [-0.1, -0.05) is 0 Å². The molecular formula is C11H24N2O2. The summed E-state index contributed by atoms with van der Waals surface area (Å²) in [6, 6.07) is 0. The van der Waals surface area contributed by atoms with Crippen molar-refractivity contribution in [2.24, 2.45) is 0 Å². The molecule has 0 heterocycles. The van der Waals surface area contributed by atoms with Gasteiger partial charge in [-0.3, -0.25) is 4.79 Å². The van der Waals surface area contributed by atoms with Crippen LogP contribution >= 0.6 is 0 Å². The Labute approximate surface area is 93.0 Å². The fourth-order valence-corrected chi connectivity index (χ4v) is 1.30. The minimum absolute atomic E-state index is 0.0179. The predicted octanol–water partition coefficient (Wildman–Crippen LogP) is 0.869. The highest BCUT2D eigenvalue weighted by Gasteiger charge is 2.15. The maximum Gasteiger partial charge on any atom is 0.222 e. The van der Waals surface area contributed by atoms with Crippen LogP contribution in [0.3, 0.4) is 0 Å². The lowest BCUT2D eigenvalue weighted by Crippen LogP contribution is -2.43. The Morgan fingerprint density at radius 1 is 1.40 bits per heavy atom. The van der Waals surface area contributed by atoms with Crippen molar-refractivity contribution < 1.29 is 9.53 Å². The van der Waals surface area contributed by atoms with E-state index in [-0.39, 0.29) is 11.4 Å². The minimum Gasteiger partial charge on any atom is -0.383 e. The van der Waals surface area contributed by atoms with Gasteiger partial charge in [-0.05, 0) is 26.8 Å². The predicted molar refractivity (Wildman–Crippen MR) is 61.9 cm³/mol. The van der Waals surface area contributed by atoms with Gasteiger partial charge in [0.15, 0.2) is 0 Å². The molecule has 0 rings (SSSR count). The number of hydrogen-bond acceptors (Lipinski definition) is 3. The van der Waals surface area contributed by atoms with Crippen molar-refractivity contribution >= 4 is 5.91 Å². The van der Waals surface area contributed by atoms with E-state index in [1.807, 2.05) is 0 Å². The molecule has 15 heavy (non-hydrogen) atoms. The zero-order valence-corrected chi connectivity index (χ0v) is 10.6. The van der Waals surface area contributed by atoms with Crippen LogP contribution in [0.4, 0.5) is 0 Å². The summed E-state index contributed by atoms with van der Waals surface area (Å²) in [7, 11) is 5.26. The van der Waals surface area contributed by atoms with E-state index < -0.39 is 0 Å². The molecule has 4 nitrogen and oxygen atoms in total. The maximum absolute atomic E-state index is 11.3. The third-order valence-corrected chi connectivity index (χ3v) is 2.17. The highest BCUT2D eigenvalue weighted by molar-refractivity contribution is 5.75. The molecule has 0 aliphatic rings. The number of hydrogen-bond donors (Lipinski definition) is 1. The van der Waals surface area contributed by atoms with E-state index in [0.29, 0.717) is 13.0 Å². The quantitative estimate of drug-likeness (QED) is 0.642. The molecule has 4 heteroatoms. The van der Waals surface area contributed by atoms with Gasteiger partial charge in [0.25, 0.3) is 0 Å². The van der Waals surface area contributed by atoms with Crippen LogP contribution in [0.15, 0.2) is 0 Å². The van der Waals surface area contributed by atoms with Crippen LogP contribution in [0.1, 0.15) is 26.7 Å². The zero-order valence-electron chi connectivity index (χ0n) is 10.6. The topological polar surface area (TPSA) is 41.6 Å². The van der Waals surface area contributed by atoms with Crippen molar-refractivity contribution in [3.8, 4) is 0 Å². The van der Waals surface area contributed by atoms with Crippen LogP contribution in [0.25, 0.3) is 0 Å². The summed E-state index contributed by atoms with van der Waals surface area (Å²) in [6.07, 6.45) is 1.47. The van der Waals surface area contributed by atoms with Crippen molar-refractivity contribution in [3.05, 3.63) is 0 Å². The normalized spacial score (nSPS) is 11.5. The van der Waals surface area contributed by atoms with Gasteiger partial charge in [0.2, 0.25) is 5.91 Å². The van der Waals surface area contributed by atoms with Gasteiger partial charge in [0, 0.05) is 33.2 Å². The third-order valence-electron chi connectivity index (χ3n) is 2.17. The SMILES string of the molecule is COCC(C)(C)NCCCC(=O)N(C)C. The molecule has 0 aromatic heterocycles. The Kier molecular flexibility index (Phi) is 6.52. The molecule has 0 radical (unpaired) electrons. The van der Waals surface area contributed by atoms with Crippen molar-refractivity contribution in [1.29, 1.82) is 0 Å². The molecule has 0 spiro atoms. The molecule has 0 saturated carbocycles. The number of methoxy groups -OCH3 is 1. The Balaban J connectivity index is 3.58. The Hall–Kier alpha value is -0.610. The van der Waals surface area contributed by atoms with E-state index in [1.54, 1.807) is 26.1 Å². The molecule has 0 saturated heterocycles. The number of ether oxygens (including phenoxy) is 1. The number of nitrogens with one attached hydrogen (secondary N) is 1. The lowest BCUT2D eigenvalue weighted by molar-refractivity contribution is -0.128. The number of amides is 1. The van der Waals surface area contributed by atoms with E-state index in [0.717, 1.165) is 13.0 Å². The van der Waals surface area contributed by atoms with Crippen LogP contribution < -0.4 is 5.32 Å². The first-order chi connectivity index (χ1) is 6.89. The first kappa shape index (κ1) is 14.4. The molecule has 0 atom stereocenters. The van der Waals surface area contributed by atoms with Gasteiger partial charge in [-0.2, -0.15) is 0 Å². The fourth-order valence-electron chi connectivity index (χ4n) is 1.30. The van der Waals surface area contributed by atoms with Gasteiger partial charge in [0.1, 0.15) is 0 Å². The Morgan fingerprint density at radius 3 is 2.47 bits per heavy atom. The molecule has 90 valence electrons. The summed E-state index contributed by atoms with van der Waals surface area (Å²) < 4.78 is 5.09. The number of carbonyl (C=O) groups is 1. The van der Waals surface area contributed by atoms with Crippen molar-refractivity contribution in [1.82, 2.24) is 10.2 Å². The van der Waals surface area contributed by atoms with Crippen molar-refractivity contribution in [2.45, 2.75) is 32.2 Å². The summed E-state index contributed by atoms with van der Waals surface area (Å²) in [5, 5.41) is 3.36. The van der Waals surface area contributed by atoms with Crippen molar-refractivity contribution in [2.75, 3.05) is 34.4 Å². The molecule has 0 aromatic carbocycles. The molecule has 0 fully saturated rings. The second-order valence-electron chi connectivity index (χ2n) is 4.64. The summed E-state index contributed by atoms with van der Waals surface area (Å²) in [5.41, 5.74) is -0.0179. The molecule has 0 aliphatic carbocycles. The average molecular weight is 216 g/mol. The van der Waals surface area contributed by atoms with Gasteiger partial charge < -0.3 is 15.0 Å². The van der Waals surface area contributed by atoms with Crippen LogP contribution in [0, 0.1) is 0 Å². The highest BCUT2D eigenvalue weighted by Crippen LogP contribution is 2.02. The van der Waals surface area contributed by atoms with Crippen LogP contribution in [-0.4, -0.2) is 50.7 Å². The van der Waals surface area contributed by atoms with Crippen LogP contribution in [-0.2, 0) is 9.53 Å². The Bertz CT molecular complexity index is 191. The largest absolute Gasteiger partial charge is 0.383 e.